The highest BCUT2D eigenvalue weighted by molar-refractivity contribution is 4.72. The van der Waals surface area contributed by atoms with Gasteiger partial charge in [-0.1, -0.05) is 13.8 Å². The summed E-state index contributed by atoms with van der Waals surface area (Å²) < 4.78 is 10.5. The second kappa shape index (κ2) is 6.35. The van der Waals surface area contributed by atoms with Gasteiger partial charge in [0.2, 0.25) is 0 Å². The van der Waals surface area contributed by atoms with Crippen LogP contribution in [0.4, 0.5) is 0 Å². The van der Waals surface area contributed by atoms with E-state index < -0.39 is 0 Å². The molecule has 3 nitrogen and oxygen atoms in total. The first-order valence-corrected chi connectivity index (χ1v) is 5.18. The fourth-order valence-electron chi connectivity index (χ4n) is 1.15. The Labute approximate surface area is 80.8 Å². The summed E-state index contributed by atoms with van der Waals surface area (Å²) in [5, 5.41) is 3.40. The number of hydrogen-bond acceptors (Lipinski definition) is 3. The third-order valence-electron chi connectivity index (χ3n) is 1.99. The summed E-state index contributed by atoms with van der Waals surface area (Å²) in [6.45, 7) is 8.91. The number of ether oxygens (including phenoxy) is 2. The van der Waals surface area contributed by atoms with Crippen LogP contribution in [0.3, 0.4) is 0 Å². The van der Waals surface area contributed by atoms with Crippen LogP contribution in [0.1, 0.15) is 20.3 Å². The molecular weight excluding hydrogens is 166 g/mol. The molecule has 0 aromatic carbocycles. The second-order valence-corrected chi connectivity index (χ2v) is 4.01. The molecule has 0 atom stereocenters. The lowest BCUT2D eigenvalue weighted by Gasteiger charge is -2.26. The molecule has 0 unspecified atom stereocenters. The average Bonchev–Trinajstić information content (AvgIpc) is 1.99. The topological polar surface area (TPSA) is 30.5 Å². The van der Waals surface area contributed by atoms with Crippen LogP contribution in [-0.4, -0.2) is 39.0 Å². The first-order chi connectivity index (χ1) is 6.29. The summed E-state index contributed by atoms with van der Waals surface area (Å²) in [5.74, 6) is 0.646. The van der Waals surface area contributed by atoms with Crippen molar-refractivity contribution in [3.05, 3.63) is 0 Å². The van der Waals surface area contributed by atoms with Crippen LogP contribution in [0.15, 0.2) is 0 Å². The highest BCUT2D eigenvalue weighted by Gasteiger charge is 2.16. The van der Waals surface area contributed by atoms with Crippen LogP contribution in [0, 0.1) is 5.92 Å². The van der Waals surface area contributed by atoms with E-state index in [1.54, 1.807) is 0 Å². The van der Waals surface area contributed by atoms with Crippen molar-refractivity contribution in [3.8, 4) is 0 Å². The van der Waals surface area contributed by atoms with E-state index in [1.807, 2.05) is 0 Å². The summed E-state index contributed by atoms with van der Waals surface area (Å²) >= 11 is 0. The van der Waals surface area contributed by atoms with Gasteiger partial charge in [0.05, 0.1) is 19.3 Å². The third kappa shape index (κ3) is 5.24. The highest BCUT2D eigenvalue weighted by atomic mass is 16.5. The molecule has 0 bridgehead atoms. The lowest BCUT2D eigenvalue weighted by molar-refractivity contribution is -0.00595. The monoisotopic (exact) mass is 187 g/mol. The quantitative estimate of drug-likeness (QED) is 0.604. The van der Waals surface area contributed by atoms with E-state index >= 15 is 0 Å². The smallest absolute Gasteiger partial charge is 0.0643 e. The largest absolute Gasteiger partial charge is 0.381 e. The van der Waals surface area contributed by atoms with Crippen molar-refractivity contribution in [1.82, 2.24) is 5.32 Å². The maximum absolute atomic E-state index is 5.46. The maximum atomic E-state index is 5.46. The lowest BCUT2D eigenvalue weighted by atomic mass is 10.2. The van der Waals surface area contributed by atoms with Crippen LogP contribution in [0.2, 0.25) is 0 Å². The lowest BCUT2D eigenvalue weighted by Crippen LogP contribution is -2.46. The predicted octanol–water partition coefficient (Wildman–Crippen LogP) is 1.04. The first kappa shape index (κ1) is 11.0. The van der Waals surface area contributed by atoms with Crippen LogP contribution in [-0.2, 0) is 9.47 Å². The van der Waals surface area contributed by atoms with Crippen molar-refractivity contribution in [2.45, 2.75) is 26.3 Å². The first-order valence-electron chi connectivity index (χ1n) is 5.18. The van der Waals surface area contributed by atoms with Crippen LogP contribution in [0.25, 0.3) is 0 Å². The van der Waals surface area contributed by atoms with Gasteiger partial charge in [-0.3, -0.25) is 0 Å². The second-order valence-electron chi connectivity index (χ2n) is 4.01. The van der Waals surface area contributed by atoms with Crippen molar-refractivity contribution in [3.63, 3.8) is 0 Å². The van der Waals surface area contributed by atoms with E-state index in [0.717, 1.165) is 39.4 Å². The van der Waals surface area contributed by atoms with Gasteiger partial charge in [-0.25, -0.2) is 0 Å². The van der Waals surface area contributed by atoms with Crippen molar-refractivity contribution in [2.75, 3.05) is 33.0 Å². The average molecular weight is 187 g/mol. The van der Waals surface area contributed by atoms with E-state index in [1.165, 1.54) is 0 Å². The minimum atomic E-state index is 0.602. The van der Waals surface area contributed by atoms with E-state index in [4.69, 9.17) is 9.47 Å². The Kier molecular flexibility index (Phi) is 5.35. The third-order valence-corrected chi connectivity index (χ3v) is 1.99. The van der Waals surface area contributed by atoms with E-state index in [-0.39, 0.29) is 0 Å². The molecule has 0 amide bonds. The molecule has 1 fully saturated rings. The summed E-state index contributed by atoms with van der Waals surface area (Å²) in [4.78, 5) is 0. The highest BCUT2D eigenvalue weighted by Crippen LogP contribution is 1.99. The Morgan fingerprint density at radius 1 is 1.46 bits per heavy atom. The van der Waals surface area contributed by atoms with E-state index in [2.05, 4.69) is 19.2 Å². The Morgan fingerprint density at radius 3 is 2.77 bits per heavy atom. The molecule has 1 saturated heterocycles. The van der Waals surface area contributed by atoms with Crippen molar-refractivity contribution in [2.24, 2.45) is 5.92 Å². The molecule has 1 aliphatic heterocycles. The minimum absolute atomic E-state index is 0.602. The van der Waals surface area contributed by atoms with Crippen LogP contribution < -0.4 is 5.32 Å². The zero-order valence-corrected chi connectivity index (χ0v) is 8.71. The molecule has 0 aromatic rings. The van der Waals surface area contributed by atoms with E-state index in [0.29, 0.717) is 12.0 Å². The molecule has 0 aliphatic carbocycles. The zero-order chi connectivity index (χ0) is 9.52. The molecule has 0 radical (unpaired) electrons. The van der Waals surface area contributed by atoms with Gasteiger partial charge in [-0.15, -0.1) is 0 Å². The summed E-state index contributed by atoms with van der Waals surface area (Å²) in [6.07, 6.45) is 1.10. The molecule has 1 rings (SSSR count). The summed E-state index contributed by atoms with van der Waals surface area (Å²) in [6, 6.07) is 0.602. The molecular formula is C10H21NO2. The number of rotatable bonds is 7. The van der Waals surface area contributed by atoms with Crippen molar-refractivity contribution < 1.29 is 9.47 Å². The summed E-state index contributed by atoms with van der Waals surface area (Å²) in [5.41, 5.74) is 0. The Balaban J connectivity index is 1.73. The van der Waals surface area contributed by atoms with E-state index in [9.17, 15) is 0 Å². The molecule has 1 N–H and O–H groups in total. The Hall–Kier alpha value is -0.120. The van der Waals surface area contributed by atoms with Gasteiger partial charge in [0.1, 0.15) is 0 Å². The van der Waals surface area contributed by atoms with Crippen LogP contribution in [0.5, 0.6) is 0 Å². The zero-order valence-electron chi connectivity index (χ0n) is 8.71. The Morgan fingerprint density at radius 2 is 2.23 bits per heavy atom. The molecule has 0 spiro atoms. The molecule has 78 valence electrons. The molecule has 1 aliphatic rings. The Bertz CT molecular complexity index is 124. The maximum Gasteiger partial charge on any atom is 0.0643 e. The summed E-state index contributed by atoms with van der Waals surface area (Å²) in [7, 11) is 0. The molecule has 13 heavy (non-hydrogen) atoms. The van der Waals surface area contributed by atoms with Gasteiger partial charge < -0.3 is 14.8 Å². The van der Waals surface area contributed by atoms with Gasteiger partial charge in [0.25, 0.3) is 0 Å². The van der Waals surface area contributed by atoms with Gasteiger partial charge in [-0.05, 0) is 18.9 Å². The molecule has 3 heteroatoms. The van der Waals surface area contributed by atoms with Crippen molar-refractivity contribution >= 4 is 0 Å². The van der Waals surface area contributed by atoms with Gasteiger partial charge in [0.15, 0.2) is 0 Å². The SMILES string of the molecule is CC(C)COCCCNC1COC1. The molecule has 0 aromatic heterocycles. The van der Waals surface area contributed by atoms with Gasteiger partial charge in [-0.2, -0.15) is 0 Å². The number of hydrogen-bond donors (Lipinski definition) is 1. The van der Waals surface area contributed by atoms with Crippen molar-refractivity contribution in [1.29, 1.82) is 0 Å². The van der Waals surface area contributed by atoms with Gasteiger partial charge in [0, 0.05) is 13.2 Å². The predicted molar refractivity (Wildman–Crippen MR) is 52.9 cm³/mol. The standard InChI is InChI=1S/C10H21NO2/c1-9(2)6-12-5-3-4-11-10-7-13-8-10/h9-11H,3-8H2,1-2H3. The minimum Gasteiger partial charge on any atom is -0.381 e. The fraction of sp³-hybridized carbons (Fsp3) is 1.00. The van der Waals surface area contributed by atoms with Gasteiger partial charge >= 0.3 is 0 Å². The number of nitrogens with one attached hydrogen (secondary N) is 1. The van der Waals surface area contributed by atoms with Crippen LogP contribution >= 0.6 is 0 Å². The molecule has 1 heterocycles. The normalized spacial score (nSPS) is 17.8. The molecule has 0 saturated carbocycles. The fourth-order valence-corrected chi connectivity index (χ4v) is 1.15.